The van der Waals surface area contributed by atoms with Crippen LogP contribution in [-0.2, 0) is 6.54 Å². The van der Waals surface area contributed by atoms with Gasteiger partial charge in [0.2, 0.25) is 0 Å². The Labute approximate surface area is 152 Å². The van der Waals surface area contributed by atoms with Gasteiger partial charge in [0.25, 0.3) is 0 Å². The molecule has 4 nitrogen and oxygen atoms in total. The van der Waals surface area contributed by atoms with Crippen LogP contribution in [-0.4, -0.2) is 19.8 Å². The van der Waals surface area contributed by atoms with Crippen LogP contribution in [0.4, 0.5) is 5.69 Å². The number of hydrogen-bond acceptors (Lipinski definition) is 4. The minimum atomic E-state index is 0.592. The molecule has 0 unspecified atom stereocenters. The molecule has 122 valence electrons. The summed E-state index contributed by atoms with van der Waals surface area (Å²) in [6.07, 6.45) is 0. The number of nitrogens with one attached hydrogen (secondary N) is 1. The zero-order valence-corrected chi connectivity index (χ0v) is 15.9. The second kappa shape index (κ2) is 7.45. The highest BCUT2D eigenvalue weighted by Gasteiger charge is 2.12. The molecule has 0 saturated heterocycles. The molecule has 6 heteroatoms. The third-order valence-corrected chi connectivity index (χ3v) is 4.56. The monoisotopic (exact) mass is 441 g/mol. The molecule has 0 fully saturated rings. The van der Waals surface area contributed by atoms with Crippen molar-refractivity contribution in [2.45, 2.75) is 13.5 Å². The van der Waals surface area contributed by atoms with Gasteiger partial charge in [-0.25, -0.2) is 0 Å². The fraction of sp³-hybridized carbons (Fsp3) is 0.294. The predicted octanol–water partition coefficient (Wildman–Crippen LogP) is 4.99. The first-order valence-electron chi connectivity index (χ1n) is 7.41. The minimum absolute atomic E-state index is 0.592. The first kappa shape index (κ1) is 16.5. The van der Waals surface area contributed by atoms with Gasteiger partial charge >= 0.3 is 0 Å². The highest BCUT2D eigenvalue weighted by atomic mass is 79.9. The van der Waals surface area contributed by atoms with E-state index in [-0.39, 0.29) is 0 Å². The summed E-state index contributed by atoms with van der Waals surface area (Å²) in [7, 11) is 0. The molecule has 3 rings (SSSR count). The van der Waals surface area contributed by atoms with E-state index < -0.39 is 0 Å². The van der Waals surface area contributed by atoms with Crippen molar-refractivity contribution >= 4 is 37.5 Å². The van der Waals surface area contributed by atoms with Gasteiger partial charge in [0, 0.05) is 18.3 Å². The van der Waals surface area contributed by atoms with Crippen LogP contribution in [0.3, 0.4) is 0 Å². The molecule has 0 amide bonds. The Morgan fingerprint density at radius 1 is 1.04 bits per heavy atom. The molecule has 1 N–H and O–H groups in total. The fourth-order valence-corrected chi connectivity index (χ4v) is 3.86. The summed E-state index contributed by atoms with van der Waals surface area (Å²) in [6, 6.07) is 10.0. The summed E-state index contributed by atoms with van der Waals surface area (Å²) < 4.78 is 18.6. The average Bonchev–Trinajstić information content (AvgIpc) is 2.56. The molecule has 0 bridgehead atoms. The molecule has 2 aromatic carbocycles. The molecule has 2 aromatic rings. The van der Waals surface area contributed by atoms with Crippen molar-refractivity contribution in [3.63, 3.8) is 0 Å². The van der Waals surface area contributed by atoms with E-state index >= 15 is 0 Å². The van der Waals surface area contributed by atoms with Crippen LogP contribution >= 0.6 is 31.9 Å². The molecule has 1 heterocycles. The maximum atomic E-state index is 5.60. The number of halogens is 2. The average molecular weight is 443 g/mol. The smallest absolute Gasteiger partial charge is 0.163 e. The molecule has 1 aliphatic heterocycles. The number of hydrogen-bond donors (Lipinski definition) is 1. The van der Waals surface area contributed by atoms with E-state index in [1.54, 1.807) is 0 Å². The fourth-order valence-electron chi connectivity index (χ4n) is 2.35. The van der Waals surface area contributed by atoms with Crippen LogP contribution in [0, 0.1) is 0 Å². The third kappa shape index (κ3) is 3.93. The predicted molar refractivity (Wildman–Crippen MR) is 97.8 cm³/mol. The van der Waals surface area contributed by atoms with Crippen LogP contribution in [0.2, 0.25) is 0 Å². The topological polar surface area (TPSA) is 39.7 Å². The Morgan fingerprint density at radius 2 is 1.74 bits per heavy atom. The molecule has 23 heavy (non-hydrogen) atoms. The second-order valence-corrected chi connectivity index (χ2v) is 6.74. The number of benzene rings is 2. The zero-order valence-electron chi connectivity index (χ0n) is 12.7. The highest BCUT2D eigenvalue weighted by Crippen LogP contribution is 2.36. The van der Waals surface area contributed by atoms with Gasteiger partial charge in [-0.05, 0) is 68.6 Å². The molecule has 0 aliphatic carbocycles. The lowest BCUT2D eigenvalue weighted by molar-refractivity contribution is 0.171. The first-order chi connectivity index (χ1) is 11.2. The summed E-state index contributed by atoms with van der Waals surface area (Å²) in [5.74, 6) is 2.42. The Morgan fingerprint density at radius 3 is 2.43 bits per heavy atom. The van der Waals surface area contributed by atoms with Crippen molar-refractivity contribution in [3.05, 3.63) is 44.8 Å². The molecule has 0 saturated carbocycles. The van der Waals surface area contributed by atoms with Gasteiger partial charge in [0.15, 0.2) is 11.5 Å². The third-order valence-electron chi connectivity index (χ3n) is 3.39. The van der Waals surface area contributed by atoms with Gasteiger partial charge in [0.05, 0.1) is 15.6 Å². The van der Waals surface area contributed by atoms with Crippen molar-refractivity contribution in [2.75, 3.05) is 25.1 Å². The van der Waals surface area contributed by atoms with E-state index in [2.05, 4.69) is 49.3 Å². The number of anilines is 1. The van der Waals surface area contributed by atoms with Crippen molar-refractivity contribution in [1.29, 1.82) is 0 Å². The summed E-state index contributed by atoms with van der Waals surface area (Å²) >= 11 is 7.11. The largest absolute Gasteiger partial charge is 0.492 e. The first-order valence-corrected chi connectivity index (χ1v) is 9.00. The van der Waals surface area contributed by atoms with Gasteiger partial charge in [-0.3, -0.25) is 0 Å². The van der Waals surface area contributed by atoms with E-state index in [9.17, 15) is 0 Å². The molecule has 1 aliphatic rings. The van der Waals surface area contributed by atoms with Crippen LogP contribution in [0.1, 0.15) is 12.5 Å². The number of fused-ring (bicyclic) bond motifs is 1. The molecular weight excluding hydrogens is 426 g/mol. The quantitative estimate of drug-likeness (QED) is 0.707. The maximum Gasteiger partial charge on any atom is 0.163 e. The molecule has 0 spiro atoms. The SMILES string of the molecule is CCOc1c(Br)cc(CNc2ccc3c(c2)OCCO3)cc1Br. The van der Waals surface area contributed by atoms with Crippen molar-refractivity contribution in [1.82, 2.24) is 0 Å². The number of rotatable bonds is 5. The maximum absolute atomic E-state index is 5.60. The lowest BCUT2D eigenvalue weighted by Gasteiger charge is -2.19. The zero-order chi connectivity index (χ0) is 16.2. The summed E-state index contributed by atoms with van der Waals surface area (Å²) in [4.78, 5) is 0. The van der Waals surface area contributed by atoms with E-state index in [1.807, 2.05) is 25.1 Å². The van der Waals surface area contributed by atoms with Crippen LogP contribution in [0.15, 0.2) is 39.3 Å². The van der Waals surface area contributed by atoms with Crippen molar-refractivity contribution in [2.24, 2.45) is 0 Å². The molecule has 0 radical (unpaired) electrons. The molecule has 0 aromatic heterocycles. The lowest BCUT2D eigenvalue weighted by Crippen LogP contribution is -2.15. The summed E-state index contributed by atoms with van der Waals surface area (Å²) in [6.45, 7) is 4.49. The van der Waals surface area contributed by atoms with Gasteiger partial charge in [0.1, 0.15) is 19.0 Å². The van der Waals surface area contributed by atoms with Crippen molar-refractivity contribution < 1.29 is 14.2 Å². The van der Waals surface area contributed by atoms with E-state index in [0.29, 0.717) is 26.4 Å². The Balaban J connectivity index is 1.71. The highest BCUT2D eigenvalue weighted by molar-refractivity contribution is 9.11. The van der Waals surface area contributed by atoms with Crippen LogP contribution in [0.5, 0.6) is 17.2 Å². The lowest BCUT2D eigenvalue weighted by atomic mass is 10.2. The van der Waals surface area contributed by atoms with E-state index in [0.717, 1.165) is 37.4 Å². The Hall–Kier alpha value is -1.40. The number of ether oxygens (including phenoxy) is 3. The second-order valence-electron chi connectivity index (χ2n) is 5.03. The van der Waals surface area contributed by atoms with E-state index in [1.165, 1.54) is 0 Å². The van der Waals surface area contributed by atoms with Crippen LogP contribution in [0.25, 0.3) is 0 Å². The molecular formula is C17H17Br2NO3. The summed E-state index contributed by atoms with van der Waals surface area (Å²) in [5.41, 5.74) is 2.14. The minimum Gasteiger partial charge on any atom is -0.492 e. The van der Waals surface area contributed by atoms with Gasteiger partial charge in [-0.2, -0.15) is 0 Å². The van der Waals surface area contributed by atoms with Gasteiger partial charge in [-0.15, -0.1) is 0 Å². The van der Waals surface area contributed by atoms with E-state index in [4.69, 9.17) is 14.2 Å². The molecule has 0 atom stereocenters. The standard InChI is InChI=1S/C17H17Br2NO3/c1-2-21-17-13(18)7-11(8-14(17)19)10-20-12-3-4-15-16(9-12)23-6-5-22-15/h3-4,7-9,20H,2,5-6,10H2,1H3. The van der Waals surface area contributed by atoms with Gasteiger partial charge in [-0.1, -0.05) is 0 Å². The normalized spacial score (nSPS) is 12.8. The van der Waals surface area contributed by atoms with Crippen molar-refractivity contribution in [3.8, 4) is 17.2 Å². The van der Waals surface area contributed by atoms with Gasteiger partial charge < -0.3 is 19.5 Å². The Bertz CT molecular complexity index is 683. The Kier molecular flexibility index (Phi) is 5.33. The van der Waals surface area contributed by atoms with Crippen LogP contribution < -0.4 is 19.5 Å². The summed E-state index contributed by atoms with van der Waals surface area (Å²) in [5, 5.41) is 3.40.